The van der Waals surface area contributed by atoms with Gasteiger partial charge in [0.2, 0.25) is 0 Å². The number of aliphatic hydroxyl groups is 1. The number of hydrogen-bond acceptors (Lipinski definition) is 3. The van der Waals surface area contributed by atoms with Crippen LogP contribution < -0.4 is 0 Å². The Balaban J connectivity index is 3.21. The van der Waals surface area contributed by atoms with Crippen molar-refractivity contribution in [2.24, 2.45) is 0 Å². The van der Waals surface area contributed by atoms with Gasteiger partial charge in [0, 0.05) is 5.57 Å². The van der Waals surface area contributed by atoms with Crippen LogP contribution in [-0.2, 0) is 0 Å². The summed E-state index contributed by atoms with van der Waals surface area (Å²) in [4.78, 5) is -1.11. The van der Waals surface area contributed by atoms with Gasteiger partial charge in [-0.25, -0.2) is 8.78 Å². The average Bonchev–Trinajstić information content (AvgIpc) is 2.37. The second-order valence-corrected chi connectivity index (χ2v) is 3.85. The number of aliphatic hydroxyl groups excluding tert-OH is 1. The minimum atomic E-state index is -2.00. The largest absolute Gasteiger partial charge is 0.388 e. The second-order valence-electron chi connectivity index (χ2n) is 2.79. The summed E-state index contributed by atoms with van der Waals surface area (Å²) in [7, 11) is 0. The van der Waals surface area contributed by atoms with Crippen LogP contribution in [0.3, 0.4) is 0 Å². The minimum Gasteiger partial charge on any atom is -0.388 e. The number of nitriles is 2. The zero-order valence-corrected chi connectivity index (χ0v) is 8.37. The predicted molar refractivity (Wildman–Crippen MR) is 46.8 cm³/mol. The Morgan fingerprint density at radius 1 is 1.29 bits per heavy atom. The number of hydrogen-bond donors (Lipinski definition) is 1. The van der Waals surface area contributed by atoms with Crippen molar-refractivity contribution in [2.75, 3.05) is 0 Å². The van der Waals surface area contributed by atoms with Crippen LogP contribution in [0, 0.1) is 22.7 Å². The molecule has 0 spiro atoms. The third kappa shape index (κ3) is 1.52. The van der Waals surface area contributed by atoms with Crippen LogP contribution in [0.5, 0.6) is 0 Å². The van der Waals surface area contributed by atoms with Crippen molar-refractivity contribution in [1.82, 2.24) is 0 Å². The van der Waals surface area contributed by atoms with Crippen LogP contribution in [0.25, 0.3) is 0 Å². The first-order valence-electron chi connectivity index (χ1n) is 3.69. The van der Waals surface area contributed by atoms with Crippen LogP contribution in [-0.4, -0.2) is 28.4 Å². The van der Waals surface area contributed by atoms with Crippen molar-refractivity contribution < 1.29 is 13.9 Å². The molecule has 0 amide bonds. The lowest BCUT2D eigenvalue weighted by atomic mass is 10.1. The lowest BCUT2D eigenvalue weighted by Gasteiger charge is -2.06. The van der Waals surface area contributed by atoms with Gasteiger partial charge in [-0.3, -0.25) is 0 Å². The fourth-order valence-corrected chi connectivity index (χ4v) is 1.82. The van der Waals surface area contributed by atoms with E-state index in [1.54, 1.807) is 0 Å². The van der Waals surface area contributed by atoms with Crippen LogP contribution in [0.4, 0.5) is 8.78 Å². The SMILES string of the molecule is N#CC(C#N)=C1C(F)C(O)C(Br)C1F. The van der Waals surface area contributed by atoms with Gasteiger partial charge >= 0.3 is 0 Å². The molecule has 14 heavy (non-hydrogen) atoms. The Morgan fingerprint density at radius 3 is 2.07 bits per heavy atom. The third-order valence-electron chi connectivity index (χ3n) is 2.01. The van der Waals surface area contributed by atoms with Gasteiger partial charge < -0.3 is 5.11 Å². The molecular weight excluding hydrogens is 258 g/mol. The van der Waals surface area contributed by atoms with Gasteiger partial charge in [-0.15, -0.1) is 0 Å². The topological polar surface area (TPSA) is 67.8 Å². The normalized spacial score (nSPS) is 36.3. The average molecular weight is 263 g/mol. The van der Waals surface area contributed by atoms with Gasteiger partial charge in [0.1, 0.15) is 30.0 Å². The number of nitrogens with zero attached hydrogens (tertiary/aromatic N) is 2. The third-order valence-corrected chi connectivity index (χ3v) is 3.02. The highest BCUT2D eigenvalue weighted by atomic mass is 79.9. The molecule has 3 nitrogen and oxygen atoms in total. The molecule has 4 atom stereocenters. The lowest BCUT2D eigenvalue weighted by molar-refractivity contribution is 0.117. The lowest BCUT2D eigenvalue weighted by Crippen LogP contribution is -2.24. The van der Waals surface area contributed by atoms with Crippen LogP contribution in [0.15, 0.2) is 11.1 Å². The molecule has 0 aromatic rings. The summed E-state index contributed by atoms with van der Waals surface area (Å²) in [5, 5.41) is 26.0. The summed E-state index contributed by atoms with van der Waals surface area (Å²) in [5.74, 6) is 0. The molecule has 1 saturated carbocycles. The van der Waals surface area contributed by atoms with Crippen molar-refractivity contribution in [3.63, 3.8) is 0 Å². The first-order chi connectivity index (χ1) is 6.54. The van der Waals surface area contributed by atoms with Crippen molar-refractivity contribution in [3.05, 3.63) is 11.1 Å². The zero-order chi connectivity index (χ0) is 10.9. The molecule has 1 aliphatic carbocycles. The number of halogens is 3. The van der Waals surface area contributed by atoms with E-state index >= 15 is 0 Å². The maximum atomic E-state index is 13.3. The molecule has 6 heteroatoms. The molecule has 0 bridgehead atoms. The van der Waals surface area contributed by atoms with Crippen molar-refractivity contribution in [1.29, 1.82) is 10.5 Å². The Kier molecular flexibility index (Phi) is 3.20. The summed E-state index contributed by atoms with van der Waals surface area (Å²) in [6.45, 7) is 0. The molecular formula is C8H5BrF2N2O. The van der Waals surface area contributed by atoms with Crippen LogP contribution >= 0.6 is 15.9 Å². The van der Waals surface area contributed by atoms with Gasteiger partial charge in [0.15, 0.2) is 6.17 Å². The molecule has 1 fully saturated rings. The second kappa shape index (κ2) is 4.04. The van der Waals surface area contributed by atoms with Gasteiger partial charge in [-0.05, 0) is 0 Å². The molecule has 0 saturated heterocycles. The van der Waals surface area contributed by atoms with E-state index in [9.17, 15) is 8.78 Å². The summed E-state index contributed by atoms with van der Waals surface area (Å²) in [5.41, 5.74) is -1.17. The number of allylic oxidation sites excluding steroid dienone is 1. The van der Waals surface area contributed by atoms with Gasteiger partial charge in [-0.1, -0.05) is 15.9 Å². The van der Waals surface area contributed by atoms with E-state index in [0.29, 0.717) is 0 Å². The van der Waals surface area contributed by atoms with E-state index in [2.05, 4.69) is 15.9 Å². The summed E-state index contributed by atoms with van der Waals surface area (Å²) in [6.07, 6.45) is -5.39. The van der Waals surface area contributed by atoms with Gasteiger partial charge in [0.25, 0.3) is 0 Å². The Labute approximate surface area is 87.4 Å². The molecule has 0 heterocycles. The van der Waals surface area contributed by atoms with E-state index in [1.807, 2.05) is 0 Å². The quantitative estimate of drug-likeness (QED) is 0.526. The molecule has 74 valence electrons. The molecule has 0 aromatic heterocycles. The van der Waals surface area contributed by atoms with Crippen molar-refractivity contribution in [2.45, 2.75) is 23.3 Å². The minimum absolute atomic E-state index is 0.565. The van der Waals surface area contributed by atoms with E-state index in [4.69, 9.17) is 15.6 Å². The maximum absolute atomic E-state index is 13.3. The highest BCUT2D eigenvalue weighted by Crippen LogP contribution is 2.37. The predicted octanol–water partition coefficient (Wildman–Crippen LogP) is 1.14. The smallest absolute Gasteiger partial charge is 0.153 e. The Morgan fingerprint density at radius 2 is 1.79 bits per heavy atom. The van der Waals surface area contributed by atoms with E-state index < -0.39 is 34.4 Å². The van der Waals surface area contributed by atoms with Crippen LogP contribution in [0.1, 0.15) is 0 Å². The standard InChI is InChI=1S/C8H5BrF2N2O/c9-5-6(10)4(3(1-12)2-13)7(11)8(5)14/h5-8,14H. The number of alkyl halides is 3. The van der Waals surface area contributed by atoms with Crippen LogP contribution in [0.2, 0.25) is 0 Å². The van der Waals surface area contributed by atoms with Crippen molar-refractivity contribution >= 4 is 15.9 Å². The monoisotopic (exact) mass is 262 g/mol. The molecule has 1 N–H and O–H groups in total. The molecule has 1 aliphatic rings. The van der Waals surface area contributed by atoms with Crippen molar-refractivity contribution in [3.8, 4) is 12.1 Å². The number of rotatable bonds is 0. The molecule has 0 radical (unpaired) electrons. The van der Waals surface area contributed by atoms with Gasteiger partial charge in [-0.2, -0.15) is 10.5 Å². The molecule has 4 unspecified atom stereocenters. The fraction of sp³-hybridized carbons (Fsp3) is 0.500. The van der Waals surface area contributed by atoms with E-state index in [-0.39, 0.29) is 0 Å². The highest BCUT2D eigenvalue weighted by molar-refractivity contribution is 9.09. The molecule has 0 aliphatic heterocycles. The summed E-state index contributed by atoms with van der Waals surface area (Å²) >= 11 is 2.76. The maximum Gasteiger partial charge on any atom is 0.153 e. The highest BCUT2D eigenvalue weighted by Gasteiger charge is 2.47. The summed E-state index contributed by atoms with van der Waals surface area (Å²) < 4.78 is 26.5. The first-order valence-corrected chi connectivity index (χ1v) is 4.60. The van der Waals surface area contributed by atoms with Gasteiger partial charge in [0.05, 0.1) is 4.83 Å². The molecule has 1 rings (SSSR count). The first kappa shape index (κ1) is 11.1. The Bertz CT molecular complexity index is 325. The molecule has 0 aromatic carbocycles. The Hall–Kier alpha value is -0.980. The zero-order valence-electron chi connectivity index (χ0n) is 6.78. The summed E-state index contributed by atoms with van der Waals surface area (Å²) in [6, 6.07) is 2.80. The van der Waals surface area contributed by atoms with E-state index in [1.165, 1.54) is 12.1 Å². The van der Waals surface area contributed by atoms with E-state index in [0.717, 1.165) is 0 Å². The fourth-order valence-electron chi connectivity index (χ4n) is 1.27.